The first-order chi connectivity index (χ1) is 12.9. The van der Waals surface area contributed by atoms with E-state index in [9.17, 15) is 14.4 Å². The van der Waals surface area contributed by atoms with E-state index < -0.39 is 5.91 Å². The predicted octanol–water partition coefficient (Wildman–Crippen LogP) is 2.54. The Morgan fingerprint density at radius 2 is 1.74 bits per heavy atom. The molecule has 27 heavy (non-hydrogen) atoms. The summed E-state index contributed by atoms with van der Waals surface area (Å²) < 4.78 is 0. The molecule has 0 heterocycles. The van der Waals surface area contributed by atoms with Crippen LogP contribution in [0.5, 0.6) is 0 Å². The molecular formula is C20H23N3O3S. The second-order valence-electron chi connectivity index (χ2n) is 5.97. The van der Waals surface area contributed by atoms with Crippen LogP contribution in [0, 0.1) is 0 Å². The third-order valence-electron chi connectivity index (χ3n) is 3.89. The first kappa shape index (κ1) is 20.5. The molecule has 0 aromatic heterocycles. The van der Waals surface area contributed by atoms with Gasteiger partial charge in [0, 0.05) is 17.6 Å². The van der Waals surface area contributed by atoms with Gasteiger partial charge in [-0.3, -0.25) is 14.4 Å². The molecular weight excluding hydrogens is 362 g/mol. The number of hydrogen-bond donors (Lipinski definition) is 2. The summed E-state index contributed by atoms with van der Waals surface area (Å²) in [6.07, 6.45) is 0.801. The molecule has 0 unspecified atom stereocenters. The Morgan fingerprint density at radius 3 is 2.44 bits per heavy atom. The lowest BCUT2D eigenvalue weighted by atomic mass is 10.1. The molecule has 0 saturated carbocycles. The minimum atomic E-state index is -0.454. The standard InChI is InChI=1S/C20H23N3O3S/c1-3-14-8-4-6-10-16(14)22-19(25)12-23(2)20(26)15-9-5-7-11-17(15)27-13-18(21)24/h4-11H,3,12-13H2,1-2H3,(H2,21,24)(H,22,25). The lowest BCUT2D eigenvalue weighted by Crippen LogP contribution is -2.35. The van der Waals surface area contributed by atoms with Gasteiger partial charge < -0.3 is 16.0 Å². The van der Waals surface area contributed by atoms with Gasteiger partial charge in [0.05, 0.1) is 17.9 Å². The van der Waals surface area contributed by atoms with Crippen LogP contribution < -0.4 is 11.1 Å². The van der Waals surface area contributed by atoms with Crippen molar-refractivity contribution in [2.75, 3.05) is 24.7 Å². The fraction of sp³-hybridized carbons (Fsp3) is 0.250. The van der Waals surface area contributed by atoms with Crippen LogP contribution in [0.15, 0.2) is 53.4 Å². The number of benzene rings is 2. The number of amides is 3. The summed E-state index contributed by atoms with van der Waals surface area (Å²) in [4.78, 5) is 38.1. The lowest BCUT2D eigenvalue weighted by Gasteiger charge is -2.19. The van der Waals surface area contributed by atoms with E-state index >= 15 is 0 Å². The number of primary amides is 1. The lowest BCUT2D eigenvalue weighted by molar-refractivity contribution is -0.117. The molecule has 0 radical (unpaired) electrons. The Hall–Kier alpha value is -2.80. The minimum Gasteiger partial charge on any atom is -0.369 e. The van der Waals surface area contributed by atoms with Crippen LogP contribution in [-0.4, -0.2) is 42.0 Å². The second-order valence-corrected chi connectivity index (χ2v) is 6.99. The molecule has 3 N–H and O–H groups in total. The number of hydrogen-bond acceptors (Lipinski definition) is 4. The summed E-state index contributed by atoms with van der Waals surface area (Å²) in [5.74, 6) is -0.928. The number of nitrogens with two attached hydrogens (primary N) is 1. The molecule has 0 bridgehead atoms. The molecule has 7 heteroatoms. The van der Waals surface area contributed by atoms with Crippen molar-refractivity contribution >= 4 is 35.2 Å². The van der Waals surface area contributed by atoms with Crippen LogP contribution in [0.4, 0.5) is 5.69 Å². The number of nitrogens with zero attached hydrogens (tertiary/aromatic N) is 1. The molecule has 0 aliphatic rings. The van der Waals surface area contributed by atoms with Gasteiger partial charge in [-0.2, -0.15) is 0 Å². The molecule has 2 aromatic rings. The number of thioether (sulfide) groups is 1. The fourth-order valence-electron chi connectivity index (χ4n) is 2.55. The molecule has 0 fully saturated rings. The first-order valence-corrected chi connectivity index (χ1v) is 9.54. The largest absolute Gasteiger partial charge is 0.369 e. The summed E-state index contributed by atoms with van der Waals surface area (Å²) >= 11 is 1.20. The summed E-state index contributed by atoms with van der Waals surface area (Å²) in [6.45, 7) is 1.94. The Balaban J connectivity index is 2.05. The topological polar surface area (TPSA) is 92.5 Å². The van der Waals surface area contributed by atoms with Gasteiger partial charge in [0.15, 0.2) is 0 Å². The summed E-state index contributed by atoms with van der Waals surface area (Å²) in [7, 11) is 1.57. The normalized spacial score (nSPS) is 10.3. The molecule has 142 valence electrons. The highest BCUT2D eigenvalue weighted by Crippen LogP contribution is 2.23. The minimum absolute atomic E-state index is 0.0777. The van der Waals surface area contributed by atoms with Crippen LogP contribution in [0.3, 0.4) is 0 Å². The highest BCUT2D eigenvalue weighted by Gasteiger charge is 2.18. The van der Waals surface area contributed by atoms with E-state index in [0.29, 0.717) is 10.5 Å². The summed E-state index contributed by atoms with van der Waals surface area (Å²) in [5, 5.41) is 2.85. The fourth-order valence-corrected chi connectivity index (χ4v) is 3.33. The van der Waals surface area contributed by atoms with E-state index in [4.69, 9.17) is 5.73 Å². The SMILES string of the molecule is CCc1ccccc1NC(=O)CN(C)C(=O)c1ccccc1SCC(N)=O. The molecule has 2 aromatic carbocycles. The molecule has 0 atom stereocenters. The second kappa shape index (κ2) is 9.78. The number of likely N-dealkylation sites (N-methyl/N-ethyl adjacent to an activating group) is 1. The van der Waals surface area contributed by atoms with Gasteiger partial charge in [-0.15, -0.1) is 11.8 Å². The average molecular weight is 385 g/mol. The Labute approximate surface area is 163 Å². The van der Waals surface area contributed by atoms with Gasteiger partial charge in [0.2, 0.25) is 11.8 Å². The van der Waals surface area contributed by atoms with Crippen LogP contribution in [0.1, 0.15) is 22.8 Å². The zero-order valence-electron chi connectivity index (χ0n) is 15.4. The third-order valence-corrected chi connectivity index (χ3v) is 4.98. The number of carbonyl (C=O) groups excluding carboxylic acids is 3. The van der Waals surface area contributed by atoms with Gasteiger partial charge in [-0.1, -0.05) is 37.3 Å². The van der Waals surface area contributed by atoms with Crippen molar-refractivity contribution in [2.45, 2.75) is 18.2 Å². The predicted molar refractivity (Wildman–Crippen MR) is 108 cm³/mol. The van der Waals surface area contributed by atoms with Crippen molar-refractivity contribution in [3.05, 3.63) is 59.7 Å². The van der Waals surface area contributed by atoms with Gasteiger partial charge in [-0.05, 0) is 30.2 Å². The molecule has 0 spiro atoms. The van der Waals surface area contributed by atoms with E-state index in [2.05, 4.69) is 5.32 Å². The van der Waals surface area contributed by atoms with E-state index in [-0.39, 0.29) is 24.1 Å². The van der Waals surface area contributed by atoms with Gasteiger partial charge in [0.25, 0.3) is 5.91 Å². The maximum atomic E-state index is 12.7. The number of para-hydroxylation sites is 1. The Kier molecular flexibility index (Phi) is 7.43. The number of anilines is 1. The molecule has 3 amide bonds. The van der Waals surface area contributed by atoms with Gasteiger partial charge in [0.1, 0.15) is 0 Å². The number of carbonyl (C=O) groups is 3. The number of nitrogens with one attached hydrogen (secondary N) is 1. The molecule has 0 aliphatic carbocycles. The number of rotatable bonds is 8. The van der Waals surface area contributed by atoms with Crippen molar-refractivity contribution in [3.8, 4) is 0 Å². The quantitative estimate of drug-likeness (QED) is 0.683. The maximum Gasteiger partial charge on any atom is 0.255 e. The van der Waals surface area contributed by atoms with Crippen LogP contribution >= 0.6 is 11.8 Å². The molecule has 2 rings (SSSR count). The van der Waals surface area contributed by atoms with Crippen molar-refractivity contribution in [2.24, 2.45) is 5.73 Å². The summed E-state index contributed by atoms with van der Waals surface area (Å²) in [6, 6.07) is 14.5. The maximum absolute atomic E-state index is 12.7. The zero-order chi connectivity index (χ0) is 19.8. The smallest absolute Gasteiger partial charge is 0.255 e. The van der Waals surface area contributed by atoms with Gasteiger partial charge in [-0.25, -0.2) is 0 Å². The van der Waals surface area contributed by atoms with Crippen molar-refractivity contribution in [3.63, 3.8) is 0 Å². The van der Waals surface area contributed by atoms with E-state index in [1.54, 1.807) is 31.3 Å². The highest BCUT2D eigenvalue weighted by molar-refractivity contribution is 8.00. The Bertz CT molecular complexity index is 839. The van der Waals surface area contributed by atoms with Crippen LogP contribution in [-0.2, 0) is 16.0 Å². The highest BCUT2D eigenvalue weighted by atomic mass is 32.2. The number of aryl methyl sites for hydroxylation is 1. The van der Waals surface area contributed by atoms with E-state index in [0.717, 1.165) is 17.7 Å². The molecule has 6 nitrogen and oxygen atoms in total. The molecule has 0 saturated heterocycles. The van der Waals surface area contributed by atoms with Crippen molar-refractivity contribution in [1.29, 1.82) is 0 Å². The Morgan fingerprint density at radius 1 is 1.07 bits per heavy atom. The monoisotopic (exact) mass is 385 g/mol. The van der Waals surface area contributed by atoms with Crippen molar-refractivity contribution < 1.29 is 14.4 Å². The van der Waals surface area contributed by atoms with Crippen molar-refractivity contribution in [1.82, 2.24) is 4.90 Å². The van der Waals surface area contributed by atoms with E-state index in [1.165, 1.54) is 16.7 Å². The summed E-state index contributed by atoms with van der Waals surface area (Å²) in [5.41, 5.74) is 7.41. The molecule has 0 aliphatic heterocycles. The van der Waals surface area contributed by atoms with Crippen LogP contribution in [0.2, 0.25) is 0 Å². The van der Waals surface area contributed by atoms with E-state index in [1.807, 2.05) is 31.2 Å². The average Bonchev–Trinajstić information content (AvgIpc) is 2.66. The zero-order valence-corrected chi connectivity index (χ0v) is 16.2. The third kappa shape index (κ3) is 5.86. The van der Waals surface area contributed by atoms with Crippen LogP contribution in [0.25, 0.3) is 0 Å². The first-order valence-electron chi connectivity index (χ1n) is 8.55. The van der Waals surface area contributed by atoms with Gasteiger partial charge >= 0.3 is 0 Å².